The van der Waals surface area contributed by atoms with Gasteiger partial charge in [-0.15, -0.1) is 0 Å². The first-order valence-corrected chi connectivity index (χ1v) is 9.41. The number of Topliss-reactive ketones (excluding diaryl/α,β-unsaturated/α-hetero) is 1. The highest BCUT2D eigenvalue weighted by atomic mass is 19.1. The Morgan fingerprint density at radius 2 is 1.93 bits per heavy atom. The minimum Gasteiger partial charge on any atom is -0.379 e. The summed E-state index contributed by atoms with van der Waals surface area (Å²) >= 11 is 0. The van der Waals surface area contributed by atoms with Crippen molar-refractivity contribution in [2.75, 3.05) is 32.8 Å². The van der Waals surface area contributed by atoms with Gasteiger partial charge in [0, 0.05) is 44.9 Å². The molecule has 7 heteroatoms. The number of carbonyl (C=O) groups excluding carboxylic acids is 2. The van der Waals surface area contributed by atoms with Crippen molar-refractivity contribution in [2.24, 2.45) is 0 Å². The minimum absolute atomic E-state index is 0.0104. The van der Waals surface area contributed by atoms with E-state index in [-0.39, 0.29) is 36.1 Å². The van der Waals surface area contributed by atoms with E-state index in [2.05, 4.69) is 15.2 Å². The van der Waals surface area contributed by atoms with Gasteiger partial charge in [0.15, 0.2) is 5.78 Å². The molecule has 6 nitrogen and oxygen atoms in total. The Hall–Kier alpha value is -2.64. The monoisotopic (exact) mass is 385 g/mol. The summed E-state index contributed by atoms with van der Waals surface area (Å²) in [5.74, 6) is -1.16. The van der Waals surface area contributed by atoms with Gasteiger partial charge in [0.1, 0.15) is 5.82 Å². The van der Waals surface area contributed by atoms with Crippen molar-refractivity contribution in [1.29, 1.82) is 0 Å². The molecule has 0 saturated carbocycles. The van der Waals surface area contributed by atoms with Gasteiger partial charge < -0.3 is 10.1 Å². The summed E-state index contributed by atoms with van der Waals surface area (Å²) in [6.45, 7) is 3.28. The number of amides is 1. The summed E-state index contributed by atoms with van der Waals surface area (Å²) in [6, 6.07) is 9.67. The van der Waals surface area contributed by atoms with E-state index in [4.69, 9.17) is 4.74 Å². The molecule has 1 aromatic carbocycles. The minimum atomic E-state index is -0.558. The highest BCUT2D eigenvalue weighted by Gasteiger charge is 2.23. The molecule has 1 fully saturated rings. The molecular weight excluding hydrogens is 361 g/mol. The van der Waals surface area contributed by atoms with Gasteiger partial charge in [-0.2, -0.15) is 0 Å². The smallest absolute Gasteiger partial charge is 0.220 e. The number of ketones is 1. The molecule has 1 aromatic heterocycles. The van der Waals surface area contributed by atoms with E-state index >= 15 is 0 Å². The zero-order valence-electron chi connectivity index (χ0n) is 15.6. The lowest BCUT2D eigenvalue weighted by atomic mass is 10.1. The Morgan fingerprint density at radius 1 is 1.14 bits per heavy atom. The zero-order chi connectivity index (χ0) is 19.8. The number of ether oxygens (including phenoxy) is 1. The van der Waals surface area contributed by atoms with Gasteiger partial charge in [0.25, 0.3) is 0 Å². The Labute approximate surface area is 163 Å². The van der Waals surface area contributed by atoms with E-state index in [0.717, 1.165) is 18.7 Å². The normalized spacial score (nSPS) is 15.8. The maximum absolute atomic E-state index is 13.7. The summed E-state index contributed by atoms with van der Waals surface area (Å²) in [7, 11) is 0. The van der Waals surface area contributed by atoms with Crippen LogP contribution in [0.4, 0.5) is 4.39 Å². The van der Waals surface area contributed by atoms with Crippen molar-refractivity contribution >= 4 is 11.7 Å². The van der Waals surface area contributed by atoms with E-state index < -0.39 is 5.82 Å². The molecular formula is C21H24FN3O3. The first-order valence-electron chi connectivity index (χ1n) is 9.41. The van der Waals surface area contributed by atoms with Crippen molar-refractivity contribution in [3.05, 3.63) is 65.7 Å². The average molecular weight is 385 g/mol. The van der Waals surface area contributed by atoms with Crippen LogP contribution in [0.1, 0.15) is 34.8 Å². The van der Waals surface area contributed by atoms with E-state index in [1.165, 1.54) is 18.2 Å². The molecule has 1 aliphatic rings. The Bertz CT molecular complexity index is 794. The number of benzene rings is 1. The van der Waals surface area contributed by atoms with Crippen LogP contribution in [-0.2, 0) is 9.53 Å². The maximum atomic E-state index is 13.7. The summed E-state index contributed by atoms with van der Waals surface area (Å²) in [5.41, 5.74) is 1.05. The number of nitrogens with zero attached hydrogens (tertiary/aromatic N) is 2. The van der Waals surface area contributed by atoms with Crippen LogP contribution >= 0.6 is 0 Å². The predicted octanol–water partition coefficient (Wildman–Crippen LogP) is 2.37. The number of morpholine rings is 1. The first kappa shape index (κ1) is 20.1. The fourth-order valence-electron chi connectivity index (χ4n) is 3.27. The Kier molecular flexibility index (Phi) is 7.22. The van der Waals surface area contributed by atoms with Crippen molar-refractivity contribution in [3.8, 4) is 0 Å². The predicted molar refractivity (Wildman–Crippen MR) is 102 cm³/mol. The molecule has 1 aliphatic heterocycles. The van der Waals surface area contributed by atoms with Gasteiger partial charge in [0.05, 0.1) is 24.8 Å². The van der Waals surface area contributed by atoms with E-state index in [1.807, 2.05) is 12.1 Å². The topological polar surface area (TPSA) is 71.5 Å². The molecule has 28 heavy (non-hydrogen) atoms. The second-order valence-electron chi connectivity index (χ2n) is 6.66. The Morgan fingerprint density at radius 3 is 2.64 bits per heavy atom. The quantitative estimate of drug-likeness (QED) is 0.707. The summed E-state index contributed by atoms with van der Waals surface area (Å²) < 4.78 is 19.1. The van der Waals surface area contributed by atoms with Gasteiger partial charge in [-0.1, -0.05) is 18.2 Å². The average Bonchev–Trinajstić information content (AvgIpc) is 2.74. The molecule has 2 aromatic rings. The van der Waals surface area contributed by atoms with Crippen molar-refractivity contribution in [2.45, 2.75) is 18.9 Å². The standard InChI is InChI=1S/C21H24FN3O3/c22-18-6-2-1-5-17(18)20(26)7-8-21(27)24-15-19(16-4-3-9-23-14-16)25-10-12-28-13-11-25/h1-6,9,14,19H,7-8,10-13,15H2,(H,24,27). The number of hydrogen-bond donors (Lipinski definition) is 1. The number of carbonyl (C=O) groups is 2. The molecule has 0 bridgehead atoms. The lowest BCUT2D eigenvalue weighted by Gasteiger charge is -2.34. The fraction of sp³-hybridized carbons (Fsp3) is 0.381. The largest absolute Gasteiger partial charge is 0.379 e. The van der Waals surface area contributed by atoms with E-state index in [1.54, 1.807) is 18.5 Å². The van der Waals surface area contributed by atoms with E-state index in [9.17, 15) is 14.0 Å². The third-order valence-corrected chi connectivity index (χ3v) is 4.80. The molecule has 2 heterocycles. The molecule has 1 atom stereocenters. The molecule has 1 saturated heterocycles. The molecule has 0 spiro atoms. The third kappa shape index (κ3) is 5.43. The number of pyridine rings is 1. The molecule has 3 rings (SSSR count). The van der Waals surface area contributed by atoms with Crippen molar-refractivity contribution < 1.29 is 18.7 Å². The number of hydrogen-bond acceptors (Lipinski definition) is 5. The Balaban J connectivity index is 1.54. The number of halogens is 1. The molecule has 1 amide bonds. The lowest BCUT2D eigenvalue weighted by Crippen LogP contribution is -2.43. The number of aromatic nitrogens is 1. The zero-order valence-corrected chi connectivity index (χ0v) is 15.6. The van der Waals surface area contributed by atoms with Gasteiger partial charge in [-0.25, -0.2) is 4.39 Å². The lowest BCUT2D eigenvalue weighted by molar-refractivity contribution is -0.121. The van der Waals surface area contributed by atoms with E-state index in [0.29, 0.717) is 19.8 Å². The SMILES string of the molecule is O=C(CCC(=O)c1ccccc1F)NCC(c1cccnc1)N1CCOCC1. The molecule has 0 radical (unpaired) electrons. The van der Waals surface area contributed by atoms with Crippen LogP contribution in [-0.4, -0.2) is 54.4 Å². The van der Waals surface area contributed by atoms with Crippen LogP contribution in [0.2, 0.25) is 0 Å². The second-order valence-corrected chi connectivity index (χ2v) is 6.66. The van der Waals surface area contributed by atoms with Crippen LogP contribution in [0.3, 0.4) is 0 Å². The summed E-state index contributed by atoms with van der Waals surface area (Å²) in [6.07, 6.45) is 3.51. The van der Waals surface area contributed by atoms with Crippen LogP contribution in [0.15, 0.2) is 48.8 Å². The summed E-state index contributed by atoms with van der Waals surface area (Å²) in [5, 5.41) is 2.90. The number of nitrogens with one attached hydrogen (secondary N) is 1. The highest BCUT2D eigenvalue weighted by Crippen LogP contribution is 2.20. The second kappa shape index (κ2) is 10.1. The highest BCUT2D eigenvalue weighted by molar-refractivity contribution is 5.98. The van der Waals surface area contributed by atoms with Crippen molar-refractivity contribution in [3.63, 3.8) is 0 Å². The van der Waals surface area contributed by atoms with Gasteiger partial charge in [-0.05, 0) is 23.8 Å². The fourth-order valence-corrected chi connectivity index (χ4v) is 3.27. The van der Waals surface area contributed by atoms with Gasteiger partial charge >= 0.3 is 0 Å². The van der Waals surface area contributed by atoms with Crippen LogP contribution in [0, 0.1) is 5.82 Å². The molecule has 0 aliphatic carbocycles. The summed E-state index contributed by atoms with van der Waals surface area (Å²) in [4.78, 5) is 30.8. The molecule has 1 unspecified atom stereocenters. The first-order chi connectivity index (χ1) is 13.6. The molecule has 1 N–H and O–H groups in total. The van der Waals surface area contributed by atoms with Crippen molar-refractivity contribution in [1.82, 2.24) is 15.2 Å². The van der Waals surface area contributed by atoms with Crippen LogP contribution < -0.4 is 5.32 Å². The number of rotatable bonds is 8. The van der Waals surface area contributed by atoms with Gasteiger partial charge in [-0.3, -0.25) is 19.5 Å². The molecule has 148 valence electrons. The third-order valence-electron chi connectivity index (χ3n) is 4.80. The van der Waals surface area contributed by atoms with Crippen LogP contribution in [0.25, 0.3) is 0 Å². The van der Waals surface area contributed by atoms with Gasteiger partial charge in [0.2, 0.25) is 5.91 Å². The van der Waals surface area contributed by atoms with Crippen LogP contribution in [0.5, 0.6) is 0 Å². The maximum Gasteiger partial charge on any atom is 0.220 e.